The van der Waals surface area contributed by atoms with E-state index in [1.54, 1.807) is 0 Å². The maximum Gasteiger partial charge on any atom is 0.140 e. The van der Waals surface area contributed by atoms with Gasteiger partial charge in [-0.2, -0.15) is 0 Å². The summed E-state index contributed by atoms with van der Waals surface area (Å²) in [5.41, 5.74) is 3.52. The highest BCUT2D eigenvalue weighted by molar-refractivity contribution is 5.25. The molecule has 1 aromatic heterocycles. The largest absolute Gasteiger partial charge is 0.395 e. The molecule has 21 heavy (non-hydrogen) atoms. The lowest BCUT2D eigenvalue weighted by molar-refractivity contribution is 0.180. The molecule has 1 aliphatic rings. The Morgan fingerprint density at radius 2 is 2.10 bits per heavy atom. The van der Waals surface area contributed by atoms with Crippen molar-refractivity contribution in [2.45, 2.75) is 38.8 Å². The first kappa shape index (κ1) is 14.3. The molecule has 2 aromatic rings. The van der Waals surface area contributed by atoms with Crippen molar-refractivity contribution >= 4 is 0 Å². The molecule has 0 bridgehead atoms. The van der Waals surface area contributed by atoms with E-state index >= 15 is 0 Å². The molecule has 1 aromatic carbocycles. The number of aromatic nitrogens is 1. The van der Waals surface area contributed by atoms with Gasteiger partial charge in [-0.1, -0.05) is 29.4 Å². The van der Waals surface area contributed by atoms with Gasteiger partial charge in [0.05, 0.1) is 12.3 Å². The van der Waals surface area contributed by atoms with Crippen LogP contribution in [-0.2, 0) is 13.1 Å². The Bertz CT molecular complexity index is 590. The summed E-state index contributed by atoms with van der Waals surface area (Å²) < 4.78 is 5.40. The third kappa shape index (κ3) is 3.71. The van der Waals surface area contributed by atoms with E-state index in [2.05, 4.69) is 47.3 Å². The van der Waals surface area contributed by atoms with Crippen molar-refractivity contribution in [1.29, 1.82) is 0 Å². The predicted molar refractivity (Wildman–Crippen MR) is 80.9 cm³/mol. The summed E-state index contributed by atoms with van der Waals surface area (Å²) in [6, 6.07) is 10.4. The Kier molecular flexibility index (Phi) is 4.36. The van der Waals surface area contributed by atoms with Crippen LogP contribution in [-0.4, -0.2) is 28.3 Å². The number of aliphatic hydroxyl groups is 1. The second-order valence-electron chi connectivity index (χ2n) is 5.86. The molecule has 4 nitrogen and oxygen atoms in total. The fourth-order valence-electron chi connectivity index (χ4n) is 2.58. The average Bonchev–Trinajstić information content (AvgIpc) is 3.22. The highest BCUT2D eigenvalue weighted by Gasteiger charge is 2.28. The molecule has 0 spiro atoms. The van der Waals surface area contributed by atoms with Crippen LogP contribution in [0.5, 0.6) is 0 Å². The molecule has 0 saturated heterocycles. The van der Waals surface area contributed by atoms with Crippen molar-refractivity contribution in [2.24, 2.45) is 0 Å². The first-order valence-corrected chi connectivity index (χ1v) is 7.59. The Hall–Kier alpha value is -1.65. The summed E-state index contributed by atoms with van der Waals surface area (Å²) in [5, 5.41) is 13.4. The predicted octanol–water partition coefficient (Wildman–Crippen LogP) is 2.85. The van der Waals surface area contributed by atoms with E-state index in [0.29, 0.717) is 19.0 Å². The summed E-state index contributed by atoms with van der Waals surface area (Å²) in [6.07, 6.45) is 2.44. The lowest BCUT2D eigenvalue weighted by atomic mass is 10.1. The van der Waals surface area contributed by atoms with E-state index in [-0.39, 0.29) is 6.61 Å². The quantitative estimate of drug-likeness (QED) is 0.850. The van der Waals surface area contributed by atoms with Gasteiger partial charge in [0.1, 0.15) is 5.76 Å². The molecular weight excluding hydrogens is 264 g/mol. The summed E-state index contributed by atoms with van der Waals surface area (Å²) in [4.78, 5) is 2.21. The van der Waals surface area contributed by atoms with Crippen molar-refractivity contribution in [1.82, 2.24) is 10.1 Å². The van der Waals surface area contributed by atoms with Gasteiger partial charge >= 0.3 is 0 Å². The lowest BCUT2D eigenvalue weighted by Gasteiger charge is -2.21. The van der Waals surface area contributed by atoms with E-state index < -0.39 is 0 Å². The third-order valence-electron chi connectivity index (χ3n) is 4.01. The Morgan fingerprint density at radius 3 is 2.81 bits per heavy atom. The number of nitrogens with zero attached hydrogens (tertiary/aromatic N) is 2. The molecule has 112 valence electrons. The minimum atomic E-state index is 0.152. The number of hydrogen-bond acceptors (Lipinski definition) is 4. The third-order valence-corrected chi connectivity index (χ3v) is 4.01. The standard InChI is InChI=1S/C17H22N2O2/c1-13-4-2-3-5-15(13)11-19(8-9-20)12-16-10-17(21-18-16)14-6-7-14/h2-5,10,14,20H,6-9,11-12H2,1H3. The van der Waals surface area contributed by atoms with Crippen LogP contribution in [0.3, 0.4) is 0 Å². The van der Waals surface area contributed by atoms with Gasteiger partial charge in [-0.05, 0) is 30.9 Å². The molecular formula is C17H22N2O2. The molecule has 0 atom stereocenters. The van der Waals surface area contributed by atoms with Crippen LogP contribution >= 0.6 is 0 Å². The van der Waals surface area contributed by atoms with Gasteiger partial charge in [-0.15, -0.1) is 0 Å². The molecule has 0 radical (unpaired) electrons. The van der Waals surface area contributed by atoms with Crippen LogP contribution in [0.1, 0.15) is 41.3 Å². The number of aryl methyl sites for hydroxylation is 1. The zero-order valence-corrected chi connectivity index (χ0v) is 12.5. The number of rotatable bonds is 7. The molecule has 1 N–H and O–H groups in total. The van der Waals surface area contributed by atoms with Gasteiger partial charge in [0.2, 0.25) is 0 Å². The topological polar surface area (TPSA) is 49.5 Å². The zero-order valence-electron chi connectivity index (χ0n) is 12.5. The molecule has 4 heteroatoms. The summed E-state index contributed by atoms with van der Waals surface area (Å²) in [6.45, 7) is 4.44. The Morgan fingerprint density at radius 1 is 1.29 bits per heavy atom. The normalized spacial score (nSPS) is 14.8. The van der Waals surface area contributed by atoms with Crippen LogP contribution in [0.4, 0.5) is 0 Å². The first-order valence-electron chi connectivity index (χ1n) is 7.59. The summed E-state index contributed by atoms with van der Waals surface area (Å²) in [7, 11) is 0. The minimum absolute atomic E-state index is 0.152. The number of aliphatic hydroxyl groups excluding tert-OH is 1. The van der Waals surface area contributed by atoms with Crippen molar-refractivity contribution in [3.63, 3.8) is 0 Å². The number of hydrogen-bond donors (Lipinski definition) is 1. The smallest absolute Gasteiger partial charge is 0.140 e. The van der Waals surface area contributed by atoms with Crippen molar-refractivity contribution in [2.75, 3.05) is 13.2 Å². The first-order chi connectivity index (χ1) is 10.3. The van der Waals surface area contributed by atoms with Gasteiger partial charge in [0, 0.05) is 31.6 Å². The molecule has 1 saturated carbocycles. The van der Waals surface area contributed by atoms with E-state index in [9.17, 15) is 5.11 Å². The van der Waals surface area contributed by atoms with Gasteiger partial charge in [-0.25, -0.2) is 0 Å². The highest BCUT2D eigenvalue weighted by Crippen LogP contribution is 2.40. The molecule has 1 aliphatic carbocycles. The van der Waals surface area contributed by atoms with Crippen molar-refractivity contribution in [3.05, 3.63) is 52.9 Å². The number of benzene rings is 1. The monoisotopic (exact) mass is 286 g/mol. The van der Waals surface area contributed by atoms with Gasteiger partial charge in [0.25, 0.3) is 0 Å². The van der Waals surface area contributed by atoms with Crippen molar-refractivity contribution in [3.8, 4) is 0 Å². The van der Waals surface area contributed by atoms with Crippen molar-refractivity contribution < 1.29 is 9.63 Å². The van der Waals surface area contributed by atoms with Gasteiger partial charge in [-0.3, -0.25) is 4.90 Å². The maximum atomic E-state index is 9.28. The van der Waals surface area contributed by atoms with E-state index in [1.165, 1.54) is 24.0 Å². The Labute approximate surface area is 125 Å². The fourth-order valence-corrected chi connectivity index (χ4v) is 2.58. The summed E-state index contributed by atoms with van der Waals surface area (Å²) in [5.74, 6) is 1.61. The Balaban J connectivity index is 1.67. The molecule has 0 amide bonds. The second kappa shape index (κ2) is 6.41. The molecule has 0 aliphatic heterocycles. The average molecular weight is 286 g/mol. The van der Waals surface area contributed by atoms with Crippen LogP contribution in [0.2, 0.25) is 0 Å². The second-order valence-corrected chi connectivity index (χ2v) is 5.86. The van der Waals surface area contributed by atoms with E-state index in [0.717, 1.165) is 18.0 Å². The lowest BCUT2D eigenvalue weighted by Crippen LogP contribution is -2.26. The van der Waals surface area contributed by atoms with Crippen LogP contribution < -0.4 is 0 Å². The van der Waals surface area contributed by atoms with E-state index in [1.807, 2.05) is 0 Å². The van der Waals surface area contributed by atoms with Crippen LogP contribution in [0, 0.1) is 6.92 Å². The molecule has 0 unspecified atom stereocenters. The van der Waals surface area contributed by atoms with E-state index in [4.69, 9.17) is 4.52 Å². The van der Waals surface area contributed by atoms with Gasteiger partial charge < -0.3 is 9.63 Å². The molecule has 1 fully saturated rings. The maximum absolute atomic E-state index is 9.28. The zero-order chi connectivity index (χ0) is 14.7. The van der Waals surface area contributed by atoms with Crippen LogP contribution in [0.25, 0.3) is 0 Å². The fraction of sp³-hybridized carbons (Fsp3) is 0.471. The molecule has 3 rings (SSSR count). The minimum Gasteiger partial charge on any atom is -0.395 e. The summed E-state index contributed by atoms with van der Waals surface area (Å²) >= 11 is 0. The van der Waals surface area contributed by atoms with Gasteiger partial charge in [0.15, 0.2) is 0 Å². The van der Waals surface area contributed by atoms with Crippen LogP contribution in [0.15, 0.2) is 34.9 Å². The SMILES string of the molecule is Cc1ccccc1CN(CCO)Cc1cc(C2CC2)on1. The highest BCUT2D eigenvalue weighted by atomic mass is 16.5. The molecule has 1 heterocycles.